The molecule has 0 aliphatic heterocycles. The summed E-state index contributed by atoms with van der Waals surface area (Å²) >= 11 is 1.44. The van der Waals surface area contributed by atoms with Crippen molar-refractivity contribution in [3.8, 4) is 0 Å². The van der Waals surface area contributed by atoms with Gasteiger partial charge in [-0.05, 0) is 38.3 Å². The van der Waals surface area contributed by atoms with Crippen LogP contribution in [0.2, 0.25) is 0 Å². The van der Waals surface area contributed by atoms with E-state index in [4.69, 9.17) is 0 Å². The molecule has 4 nitrogen and oxygen atoms in total. The largest absolute Gasteiger partial charge is 0.480 e. The molecule has 0 unspecified atom stereocenters. The van der Waals surface area contributed by atoms with Gasteiger partial charge in [0.25, 0.3) is 0 Å². The molecule has 0 spiro atoms. The molecule has 0 bridgehead atoms. The molecule has 0 radical (unpaired) electrons. The quantitative estimate of drug-likeness (QED) is 0.759. The topological polar surface area (TPSA) is 66.4 Å². The van der Waals surface area contributed by atoms with Crippen molar-refractivity contribution in [3.05, 3.63) is 29.3 Å². The highest BCUT2D eigenvalue weighted by atomic mass is 32.2. The molecule has 0 aliphatic rings. The van der Waals surface area contributed by atoms with Crippen molar-refractivity contribution in [1.82, 2.24) is 5.32 Å². The lowest BCUT2D eigenvalue weighted by Gasteiger charge is -2.28. The number of carbonyl (C=O) groups is 2. The van der Waals surface area contributed by atoms with Gasteiger partial charge in [0, 0.05) is 4.90 Å². The zero-order valence-electron chi connectivity index (χ0n) is 13.0. The number of carboxylic acid groups (broad SMARTS) is 1. The summed E-state index contributed by atoms with van der Waals surface area (Å²) in [7, 11) is 0. The third kappa shape index (κ3) is 4.49. The maximum Gasteiger partial charge on any atom is 0.329 e. The lowest BCUT2D eigenvalue weighted by atomic mass is 9.93. The zero-order chi connectivity index (χ0) is 16.0. The van der Waals surface area contributed by atoms with Gasteiger partial charge in [-0.2, -0.15) is 0 Å². The highest BCUT2D eigenvalue weighted by Crippen LogP contribution is 2.24. The Hall–Kier alpha value is -1.49. The van der Waals surface area contributed by atoms with E-state index in [0.717, 1.165) is 16.0 Å². The third-order valence-corrected chi connectivity index (χ3v) is 4.85. The van der Waals surface area contributed by atoms with Crippen molar-refractivity contribution in [1.29, 1.82) is 0 Å². The summed E-state index contributed by atoms with van der Waals surface area (Å²) in [5, 5.41) is 12.0. The van der Waals surface area contributed by atoms with Crippen molar-refractivity contribution < 1.29 is 14.7 Å². The lowest BCUT2D eigenvalue weighted by molar-refractivity contribution is -0.147. The molecular formula is C16H23NO3S. The van der Waals surface area contributed by atoms with Crippen LogP contribution >= 0.6 is 11.8 Å². The van der Waals surface area contributed by atoms with Gasteiger partial charge in [0.05, 0.1) is 5.75 Å². The minimum Gasteiger partial charge on any atom is -0.480 e. The highest BCUT2D eigenvalue weighted by molar-refractivity contribution is 8.00. The second-order valence-electron chi connectivity index (χ2n) is 5.20. The smallest absolute Gasteiger partial charge is 0.329 e. The first-order valence-electron chi connectivity index (χ1n) is 7.09. The van der Waals surface area contributed by atoms with E-state index in [1.807, 2.05) is 32.0 Å². The van der Waals surface area contributed by atoms with E-state index in [2.05, 4.69) is 5.32 Å². The fourth-order valence-corrected chi connectivity index (χ4v) is 3.02. The molecule has 0 aromatic heterocycles. The molecule has 1 amide bonds. The first kappa shape index (κ1) is 17.6. The van der Waals surface area contributed by atoms with Gasteiger partial charge in [0.15, 0.2) is 0 Å². The second kappa shape index (κ2) is 7.50. The van der Waals surface area contributed by atoms with Crippen LogP contribution in [0.1, 0.15) is 37.8 Å². The zero-order valence-corrected chi connectivity index (χ0v) is 13.8. The van der Waals surface area contributed by atoms with E-state index >= 15 is 0 Å². The minimum absolute atomic E-state index is 0.222. The molecule has 116 valence electrons. The summed E-state index contributed by atoms with van der Waals surface area (Å²) in [5.41, 5.74) is 1.11. The SMILES string of the molecule is CCC(CC)(NC(=O)CSc1cc(C)ccc1C)C(=O)O. The lowest BCUT2D eigenvalue weighted by Crippen LogP contribution is -2.54. The normalized spacial score (nSPS) is 11.2. The van der Waals surface area contributed by atoms with E-state index in [1.165, 1.54) is 11.8 Å². The summed E-state index contributed by atoms with van der Waals surface area (Å²) in [6.45, 7) is 7.55. The first-order valence-corrected chi connectivity index (χ1v) is 8.07. The van der Waals surface area contributed by atoms with Gasteiger partial charge in [0.2, 0.25) is 5.91 Å². The van der Waals surface area contributed by atoms with E-state index in [-0.39, 0.29) is 11.7 Å². The summed E-state index contributed by atoms with van der Waals surface area (Å²) < 4.78 is 0. The number of aliphatic carboxylic acids is 1. The Morgan fingerprint density at radius 3 is 2.38 bits per heavy atom. The number of aryl methyl sites for hydroxylation is 2. The molecule has 21 heavy (non-hydrogen) atoms. The Bertz CT molecular complexity index is 524. The number of thioether (sulfide) groups is 1. The van der Waals surface area contributed by atoms with Crippen LogP contribution in [0.3, 0.4) is 0 Å². The average Bonchev–Trinajstić information content (AvgIpc) is 2.45. The summed E-state index contributed by atoms with van der Waals surface area (Å²) in [5.74, 6) is -0.996. The Labute approximate surface area is 130 Å². The van der Waals surface area contributed by atoms with Crippen molar-refractivity contribution in [3.63, 3.8) is 0 Å². The molecular weight excluding hydrogens is 286 g/mol. The number of hydrogen-bond acceptors (Lipinski definition) is 3. The van der Waals surface area contributed by atoms with Crippen LogP contribution in [0, 0.1) is 13.8 Å². The number of carbonyl (C=O) groups excluding carboxylic acids is 1. The Balaban J connectivity index is 2.69. The van der Waals surface area contributed by atoms with Gasteiger partial charge in [0.1, 0.15) is 5.54 Å². The van der Waals surface area contributed by atoms with Gasteiger partial charge in [-0.3, -0.25) is 4.79 Å². The molecule has 0 fully saturated rings. The van der Waals surface area contributed by atoms with Gasteiger partial charge in [-0.15, -0.1) is 11.8 Å². The maximum atomic E-state index is 12.1. The predicted molar refractivity (Wildman–Crippen MR) is 85.7 cm³/mol. The Morgan fingerprint density at radius 1 is 1.24 bits per heavy atom. The van der Waals surface area contributed by atoms with Gasteiger partial charge in [-0.1, -0.05) is 31.5 Å². The van der Waals surface area contributed by atoms with Crippen LogP contribution in [-0.4, -0.2) is 28.3 Å². The van der Waals surface area contributed by atoms with Gasteiger partial charge < -0.3 is 10.4 Å². The fraction of sp³-hybridized carbons (Fsp3) is 0.500. The number of benzene rings is 1. The van der Waals surface area contributed by atoms with Gasteiger partial charge >= 0.3 is 5.97 Å². The Kier molecular flexibility index (Phi) is 6.27. The van der Waals surface area contributed by atoms with Crippen molar-refractivity contribution in [2.45, 2.75) is 51.0 Å². The standard InChI is InChI=1S/C16H23NO3S/c1-5-16(6-2,15(19)20)17-14(18)10-21-13-9-11(3)7-8-12(13)4/h7-9H,5-6,10H2,1-4H3,(H,17,18)(H,19,20). The van der Waals surface area contributed by atoms with Crippen LogP contribution < -0.4 is 5.32 Å². The molecule has 1 rings (SSSR count). The highest BCUT2D eigenvalue weighted by Gasteiger charge is 2.36. The Morgan fingerprint density at radius 2 is 1.86 bits per heavy atom. The maximum absolute atomic E-state index is 12.1. The molecule has 0 saturated carbocycles. The van der Waals surface area contributed by atoms with E-state index in [0.29, 0.717) is 12.8 Å². The van der Waals surface area contributed by atoms with E-state index in [9.17, 15) is 14.7 Å². The summed E-state index contributed by atoms with van der Waals surface area (Å²) in [6, 6.07) is 6.09. The number of hydrogen-bond donors (Lipinski definition) is 2. The van der Waals surface area contributed by atoms with E-state index in [1.54, 1.807) is 13.8 Å². The monoisotopic (exact) mass is 309 g/mol. The molecule has 0 atom stereocenters. The molecule has 0 aliphatic carbocycles. The fourth-order valence-electron chi connectivity index (χ4n) is 2.09. The average molecular weight is 309 g/mol. The molecule has 1 aromatic rings. The number of nitrogens with one attached hydrogen (secondary N) is 1. The van der Waals surface area contributed by atoms with Crippen LogP contribution in [0.4, 0.5) is 0 Å². The van der Waals surface area contributed by atoms with Crippen molar-refractivity contribution in [2.75, 3.05) is 5.75 Å². The van der Waals surface area contributed by atoms with Crippen molar-refractivity contribution >= 4 is 23.6 Å². The van der Waals surface area contributed by atoms with Crippen LogP contribution in [0.5, 0.6) is 0 Å². The molecule has 1 aromatic carbocycles. The molecule has 0 heterocycles. The van der Waals surface area contributed by atoms with Crippen LogP contribution in [0.15, 0.2) is 23.1 Å². The first-order chi connectivity index (χ1) is 9.84. The summed E-state index contributed by atoms with van der Waals surface area (Å²) in [6.07, 6.45) is 0.747. The molecule has 2 N–H and O–H groups in total. The van der Waals surface area contributed by atoms with Gasteiger partial charge in [-0.25, -0.2) is 4.79 Å². The molecule has 0 saturated heterocycles. The number of rotatable bonds is 7. The number of carboxylic acids is 1. The summed E-state index contributed by atoms with van der Waals surface area (Å²) in [4.78, 5) is 24.5. The second-order valence-corrected chi connectivity index (χ2v) is 6.22. The molecule has 5 heteroatoms. The van der Waals surface area contributed by atoms with Crippen molar-refractivity contribution in [2.24, 2.45) is 0 Å². The minimum atomic E-state index is -1.15. The predicted octanol–water partition coefficient (Wildman–Crippen LogP) is 3.16. The number of amides is 1. The third-order valence-electron chi connectivity index (χ3n) is 3.70. The van der Waals surface area contributed by atoms with E-state index < -0.39 is 11.5 Å². The van der Waals surface area contributed by atoms with Crippen LogP contribution in [-0.2, 0) is 9.59 Å². The van der Waals surface area contributed by atoms with Crippen LogP contribution in [0.25, 0.3) is 0 Å².